The van der Waals surface area contributed by atoms with Crippen LogP contribution in [0.5, 0.6) is 0 Å². The molecule has 0 aromatic carbocycles. The molecule has 5 nitrogen and oxygen atoms in total. The molecule has 0 aromatic heterocycles. The van der Waals surface area contributed by atoms with E-state index in [0.717, 1.165) is 37.3 Å². The summed E-state index contributed by atoms with van der Waals surface area (Å²) in [4.78, 5) is 7.07. The average molecular weight is 453 g/mol. The second-order valence-corrected chi connectivity index (χ2v) is 9.16. The molecule has 3 aliphatic rings. The molecular formula is C16H28IN3O2S. The Labute approximate surface area is 156 Å². The summed E-state index contributed by atoms with van der Waals surface area (Å²) in [6.07, 6.45) is 6.64. The number of halogens is 1. The van der Waals surface area contributed by atoms with Gasteiger partial charge in [0.25, 0.3) is 0 Å². The highest BCUT2D eigenvalue weighted by molar-refractivity contribution is 14.0. The van der Waals surface area contributed by atoms with Crippen LogP contribution in [0.3, 0.4) is 0 Å². The third-order valence-corrected chi connectivity index (χ3v) is 6.88. The van der Waals surface area contributed by atoms with Gasteiger partial charge in [0.15, 0.2) is 15.8 Å². The second kappa shape index (κ2) is 8.18. The summed E-state index contributed by atoms with van der Waals surface area (Å²) in [6.45, 7) is 7.23. The van der Waals surface area contributed by atoms with Gasteiger partial charge in [-0.15, -0.1) is 30.6 Å². The molecule has 0 aromatic rings. The van der Waals surface area contributed by atoms with E-state index in [2.05, 4.69) is 16.8 Å². The fraction of sp³-hybridized carbons (Fsp3) is 0.812. The Kier molecular flexibility index (Phi) is 6.77. The van der Waals surface area contributed by atoms with Crippen molar-refractivity contribution in [1.82, 2.24) is 10.2 Å². The zero-order valence-corrected chi connectivity index (χ0v) is 16.8. The van der Waals surface area contributed by atoms with Gasteiger partial charge in [-0.25, -0.2) is 8.42 Å². The van der Waals surface area contributed by atoms with Gasteiger partial charge in [-0.2, -0.15) is 0 Å². The Hall–Kier alpha value is -0.310. The molecule has 0 spiro atoms. The molecule has 2 saturated heterocycles. The van der Waals surface area contributed by atoms with Crippen molar-refractivity contribution >= 4 is 39.8 Å². The summed E-state index contributed by atoms with van der Waals surface area (Å²) < 4.78 is 23.1. The lowest BCUT2D eigenvalue weighted by atomic mass is 10.0. The van der Waals surface area contributed by atoms with E-state index in [1.54, 1.807) is 0 Å². The summed E-state index contributed by atoms with van der Waals surface area (Å²) in [5.41, 5.74) is 0. The molecule has 1 saturated carbocycles. The van der Waals surface area contributed by atoms with Gasteiger partial charge < -0.3 is 10.2 Å². The maximum Gasteiger partial charge on any atom is 0.194 e. The first-order valence-electron chi connectivity index (χ1n) is 8.42. The zero-order valence-electron chi connectivity index (χ0n) is 13.6. The first kappa shape index (κ1) is 19.0. The Morgan fingerprint density at radius 1 is 1.26 bits per heavy atom. The summed E-state index contributed by atoms with van der Waals surface area (Å²) in [6, 6.07) is 0. The van der Waals surface area contributed by atoms with Crippen LogP contribution < -0.4 is 5.32 Å². The standard InChI is InChI=1S/C16H27N3O2S.HI/c1-2-7-17-16(18-10-13-6-9-22(20,21)12-13)19-8-5-15(11-19)14-3-4-14;/h2,13-15H,1,3-12H2,(H,17,18);1H. The quantitative estimate of drug-likeness (QED) is 0.299. The van der Waals surface area contributed by atoms with Gasteiger partial charge in [0.2, 0.25) is 0 Å². The highest BCUT2D eigenvalue weighted by Gasteiger charge is 2.36. The molecule has 3 fully saturated rings. The molecule has 2 atom stereocenters. The molecule has 7 heteroatoms. The number of guanidine groups is 1. The molecule has 1 aliphatic carbocycles. The number of aliphatic imine (C=N–C) groups is 1. The van der Waals surface area contributed by atoms with Gasteiger partial charge >= 0.3 is 0 Å². The SMILES string of the molecule is C=CCNC(=NCC1CCS(=O)(=O)C1)N1CCC(C2CC2)C1.I. The monoisotopic (exact) mass is 453 g/mol. The van der Waals surface area contributed by atoms with Crippen LogP contribution in [-0.4, -0.2) is 57.0 Å². The van der Waals surface area contributed by atoms with E-state index < -0.39 is 9.84 Å². The van der Waals surface area contributed by atoms with Gasteiger partial charge in [-0.3, -0.25) is 4.99 Å². The van der Waals surface area contributed by atoms with E-state index in [1.165, 1.54) is 19.3 Å². The van der Waals surface area contributed by atoms with Crippen molar-refractivity contribution in [3.05, 3.63) is 12.7 Å². The lowest BCUT2D eigenvalue weighted by Crippen LogP contribution is -2.40. The molecule has 23 heavy (non-hydrogen) atoms. The molecule has 0 amide bonds. The number of hydrogen-bond donors (Lipinski definition) is 1. The Balaban J connectivity index is 0.00000192. The van der Waals surface area contributed by atoms with Gasteiger partial charge in [-0.05, 0) is 43.4 Å². The van der Waals surface area contributed by atoms with E-state index in [9.17, 15) is 8.42 Å². The molecule has 3 rings (SSSR count). The lowest BCUT2D eigenvalue weighted by Gasteiger charge is -2.22. The van der Waals surface area contributed by atoms with Gasteiger partial charge in [0, 0.05) is 26.2 Å². The van der Waals surface area contributed by atoms with Gasteiger partial charge in [0.1, 0.15) is 0 Å². The fourth-order valence-electron chi connectivity index (χ4n) is 3.59. The van der Waals surface area contributed by atoms with Crippen molar-refractivity contribution in [2.24, 2.45) is 22.7 Å². The predicted molar refractivity (Wildman–Crippen MR) is 105 cm³/mol. The third-order valence-electron chi connectivity index (χ3n) is 5.04. The minimum absolute atomic E-state index is 0. The normalized spacial score (nSPS) is 30.1. The highest BCUT2D eigenvalue weighted by atomic mass is 127. The zero-order chi connectivity index (χ0) is 15.6. The van der Waals surface area contributed by atoms with Crippen LogP contribution in [0, 0.1) is 17.8 Å². The van der Waals surface area contributed by atoms with Gasteiger partial charge in [-0.1, -0.05) is 6.08 Å². The fourth-order valence-corrected chi connectivity index (χ4v) is 5.44. The molecule has 2 heterocycles. The van der Waals surface area contributed by atoms with Crippen LogP contribution in [-0.2, 0) is 9.84 Å². The van der Waals surface area contributed by atoms with Crippen molar-refractivity contribution in [2.75, 3.05) is 37.7 Å². The van der Waals surface area contributed by atoms with E-state index in [-0.39, 0.29) is 29.9 Å². The topological polar surface area (TPSA) is 61.8 Å². The number of nitrogens with zero attached hydrogens (tertiary/aromatic N) is 2. The van der Waals surface area contributed by atoms with Crippen LogP contribution in [0.15, 0.2) is 17.6 Å². The van der Waals surface area contributed by atoms with E-state index >= 15 is 0 Å². The van der Waals surface area contributed by atoms with E-state index in [0.29, 0.717) is 24.6 Å². The number of nitrogens with one attached hydrogen (secondary N) is 1. The molecule has 2 unspecified atom stereocenters. The van der Waals surface area contributed by atoms with E-state index in [4.69, 9.17) is 4.99 Å². The van der Waals surface area contributed by atoms with Crippen molar-refractivity contribution < 1.29 is 8.42 Å². The van der Waals surface area contributed by atoms with Crippen LogP contribution in [0.25, 0.3) is 0 Å². The van der Waals surface area contributed by atoms with Crippen LogP contribution in [0.4, 0.5) is 0 Å². The van der Waals surface area contributed by atoms with Crippen molar-refractivity contribution in [3.63, 3.8) is 0 Å². The minimum Gasteiger partial charge on any atom is -0.353 e. The number of likely N-dealkylation sites (tertiary alicyclic amines) is 1. The maximum absolute atomic E-state index is 11.6. The maximum atomic E-state index is 11.6. The summed E-state index contributed by atoms with van der Waals surface area (Å²) >= 11 is 0. The minimum atomic E-state index is -2.81. The Morgan fingerprint density at radius 3 is 2.65 bits per heavy atom. The summed E-state index contributed by atoms with van der Waals surface area (Å²) in [5, 5.41) is 3.34. The van der Waals surface area contributed by atoms with Crippen LogP contribution in [0.2, 0.25) is 0 Å². The van der Waals surface area contributed by atoms with Crippen molar-refractivity contribution in [2.45, 2.75) is 25.7 Å². The van der Waals surface area contributed by atoms with Crippen LogP contribution >= 0.6 is 24.0 Å². The van der Waals surface area contributed by atoms with Crippen LogP contribution in [0.1, 0.15) is 25.7 Å². The first-order valence-corrected chi connectivity index (χ1v) is 10.2. The molecule has 2 aliphatic heterocycles. The summed E-state index contributed by atoms with van der Waals surface area (Å²) in [7, 11) is -2.81. The highest BCUT2D eigenvalue weighted by Crippen LogP contribution is 2.41. The molecule has 0 bridgehead atoms. The predicted octanol–water partition coefficient (Wildman–Crippen LogP) is 1.90. The largest absolute Gasteiger partial charge is 0.353 e. The Bertz CT molecular complexity index is 546. The molecule has 0 radical (unpaired) electrons. The number of sulfone groups is 1. The second-order valence-electron chi connectivity index (χ2n) is 6.94. The molecule has 1 N–H and O–H groups in total. The molecule has 132 valence electrons. The van der Waals surface area contributed by atoms with Gasteiger partial charge in [0.05, 0.1) is 11.5 Å². The lowest BCUT2D eigenvalue weighted by molar-refractivity contribution is 0.435. The Morgan fingerprint density at radius 2 is 2.04 bits per heavy atom. The smallest absolute Gasteiger partial charge is 0.194 e. The average Bonchev–Trinajstić information content (AvgIpc) is 3.12. The van der Waals surface area contributed by atoms with Crippen molar-refractivity contribution in [1.29, 1.82) is 0 Å². The summed E-state index contributed by atoms with van der Waals surface area (Å²) in [5.74, 6) is 3.51. The number of rotatable bonds is 5. The van der Waals surface area contributed by atoms with Crippen molar-refractivity contribution in [3.8, 4) is 0 Å². The third kappa shape index (κ3) is 5.34. The number of hydrogen-bond acceptors (Lipinski definition) is 3. The van der Waals surface area contributed by atoms with E-state index in [1.807, 2.05) is 6.08 Å². The first-order chi connectivity index (χ1) is 10.6. The molecular weight excluding hydrogens is 425 g/mol.